The number of hydrogen-bond acceptors (Lipinski definition) is 6. The van der Waals surface area contributed by atoms with Crippen LogP contribution in [-0.4, -0.2) is 60.3 Å². The predicted molar refractivity (Wildman–Crippen MR) is 127 cm³/mol. The molecule has 6 heteroatoms. The van der Waals surface area contributed by atoms with E-state index in [1.165, 1.54) is 38.5 Å². The molecule has 32 heavy (non-hydrogen) atoms. The normalized spacial score (nSPS) is 54.9. The fourth-order valence-electron chi connectivity index (χ4n) is 9.05. The van der Waals surface area contributed by atoms with Gasteiger partial charge in [-0.3, -0.25) is 0 Å². The second-order valence-corrected chi connectivity index (χ2v) is 13.3. The maximum absolute atomic E-state index is 6.72. The average Bonchev–Trinajstić information content (AvgIpc) is 3.55. The Bertz CT molecular complexity index is 828. The van der Waals surface area contributed by atoms with E-state index >= 15 is 0 Å². The first kappa shape index (κ1) is 20.2. The number of hydrogen-bond donors (Lipinski definition) is 2. The third-order valence-corrected chi connectivity index (χ3v) is 11.1. The van der Waals surface area contributed by atoms with E-state index in [9.17, 15) is 0 Å². The lowest BCUT2D eigenvalue weighted by atomic mass is 9.86. The van der Waals surface area contributed by atoms with Crippen LogP contribution in [0.5, 0.6) is 0 Å². The van der Waals surface area contributed by atoms with Gasteiger partial charge < -0.3 is 18.9 Å². The molecule has 0 N–H and O–H groups in total. The van der Waals surface area contributed by atoms with Crippen LogP contribution < -0.4 is 0 Å². The highest BCUT2D eigenvalue weighted by Gasteiger charge is 2.56. The molecule has 0 aromatic rings. The fraction of sp³-hybridized carbons (Fsp3) is 0.846. The molecule has 0 aromatic carbocycles. The van der Waals surface area contributed by atoms with Gasteiger partial charge in [-0.1, -0.05) is 22.3 Å². The van der Waals surface area contributed by atoms with Crippen molar-refractivity contribution >= 4 is 25.3 Å². The van der Waals surface area contributed by atoms with Gasteiger partial charge in [0, 0.05) is 10.5 Å². The summed E-state index contributed by atoms with van der Waals surface area (Å²) in [5.41, 5.74) is 6.84. The molecule has 2 saturated heterocycles. The van der Waals surface area contributed by atoms with Crippen LogP contribution in [0.1, 0.15) is 51.4 Å². The van der Waals surface area contributed by atoms with E-state index in [0.717, 1.165) is 24.7 Å². The zero-order valence-corrected chi connectivity index (χ0v) is 20.3. The highest BCUT2D eigenvalue weighted by molar-refractivity contribution is 7.81. The molecule has 8 aliphatic rings. The number of rotatable bonds is 4. The van der Waals surface area contributed by atoms with Gasteiger partial charge in [0.05, 0.1) is 25.4 Å². The lowest BCUT2D eigenvalue weighted by Gasteiger charge is -2.30. The topological polar surface area (TPSA) is 36.9 Å². The summed E-state index contributed by atoms with van der Waals surface area (Å²) in [6.07, 6.45) is 10.6. The molecule has 12 atom stereocenters. The average molecular weight is 475 g/mol. The summed E-state index contributed by atoms with van der Waals surface area (Å²) in [6, 6.07) is 0. The summed E-state index contributed by atoms with van der Waals surface area (Å²) in [6.45, 7) is 1.30. The third-order valence-electron chi connectivity index (χ3n) is 10.3. The van der Waals surface area contributed by atoms with E-state index in [0.29, 0.717) is 47.8 Å². The maximum atomic E-state index is 6.72. The van der Waals surface area contributed by atoms with Crippen molar-refractivity contribution in [1.82, 2.24) is 0 Å². The monoisotopic (exact) mass is 474 g/mol. The van der Waals surface area contributed by atoms with Gasteiger partial charge in [0.25, 0.3) is 0 Å². The molecule has 4 saturated carbocycles. The minimum atomic E-state index is 0.0375. The van der Waals surface area contributed by atoms with Crippen LogP contribution in [-0.2, 0) is 18.9 Å². The summed E-state index contributed by atoms with van der Waals surface area (Å²) >= 11 is 9.53. The van der Waals surface area contributed by atoms with Crippen molar-refractivity contribution in [3.8, 4) is 0 Å². The van der Waals surface area contributed by atoms with Gasteiger partial charge in [0.1, 0.15) is 24.4 Å². The molecule has 8 rings (SSSR count). The highest BCUT2D eigenvalue weighted by Crippen LogP contribution is 2.58. The number of fused-ring (bicyclic) bond motifs is 9. The van der Waals surface area contributed by atoms with Crippen LogP contribution >= 0.6 is 25.3 Å². The predicted octanol–water partition coefficient (Wildman–Crippen LogP) is 4.15. The van der Waals surface area contributed by atoms with Gasteiger partial charge in [-0.2, -0.15) is 25.3 Å². The van der Waals surface area contributed by atoms with Crippen molar-refractivity contribution in [3.05, 3.63) is 22.3 Å². The Morgan fingerprint density at radius 2 is 1.06 bits per heavy atom. The highest BCUT2D eigenvalue weighted by atomic mass is 32.1. The molecular formula is C26H34O4S2. The summed E-state index contributed by atoms with van der Waals surface area (Å²) in [5, 5.41) is 1.12. The molecule has 4 nitrogen and oxygen atoms in total. The van der Waals surface area contributed by atoms with Gasteiger partial charge in [0.15, 0.2) is 0 Å². The largest absolute Gasteiger partial charge is 0.370 e. The first-order valence-corrected chi connectivity index (χ1v) is 14.0. The third kappa shape index (κ3) is 2.86. The summed E-state index contributed by atoms with van der Waals surface area (Å²) in [4.78, 5) is 0. The quantitative estimate of drug-likeness (QED) is 0.474. The molecule has 2 heterocycles. The first-order valence-electron chi connectivity index (χ1n) is 12.9. The van der Waals surface area contributed by atoms with Crippen molar-refractivity contribution in [2.45, 2.75) is 98.5 Å². The standard InChI is InChI=1S/C26H34O4S2/c31-13-5-15-11-1-19(17(15)7-13)21(3-11)29-23-9-27-26-24(10-28-25(23)26)30-22-4-12-2-20(22)18-8-14(32)6-16(12)18/h13-14,17-26,31-32H,1-10H2. The lowest BCUT2D eigenvalue weighted by molar-refractivity contribution is -0.102. The zero-order chi connectivity index (χ0) is 21.1. The van der Waals surface area contributed by atoms with E-state index in [1.807, 2.05) is 0 Å². The van der Waals surface area contributed by atoms with E-state index in [2.05, 4.69) is 0 Å². The van der Waals surface area contributed by atoms with Crippen molar-refractivity contribution < 1.29 is 18.9 Å². The smallest absolute Gasteiger partial charge is 0.115 e. The fourth-order valence-corrected chi connectivity index (χ4v) is 9.90. The van der Waals surface area contributed by atoms with Gasteiger partial charge in [-0.15, -0.1) is 0 Å². The summed E-state index contributed by atoms with van der Waals surface area (Å²) < 4.78 is 26.0. The van der Waals surface area contributed by atoms with Crippen molar-refractivity contribution in [2.24, 2.45) is 23.7 Å². The molecule has 0 aromatic heterocycles. The van der Waals surface area contributed by atoms with Crippen molar-refractivity contribution in [1.29, 1.82) is 0 Å². The van der Waals surface area contributed by atoms with E-state index in [1.54, 1.807) is 22.3 Å². The molecule has 12 unspecified atom stereocenters. The Balaban J connectivity index is 0.915. The van der Waals surface area contributed by atoms with Crippen LogP contribution in [0.3, 0.4) is 0 Å². The Labute approximate surface area is 201 Å². The van der Waals surface area contributed by atoms with Crippen LogP contribution in [0.15, 0.2) is 22.3 Å². The number of allylic oxidation sites excluding steroid dienone is 2. The SMILES string of the molecule is SC1CC2=C3CC(OC4COC5C(OC6CC7=C8CC(S)CC8C6C7)COC45)C(C3)C2C1. The first-order chi connectivity index (χ1) is 15.6. The molecular weight excluding hydrogens is 440 g/mol. The van der Waals surface area contributed by atoms with Gasteiger partial charge in [0.2, 0.25) is 0 Å². The Hall–Kier alpha value is 0.0200. The molecule has 0 spiro atoms. The summed E-state index contributed by atoms with van der Waals surface area (Å²) in [5.74, 6) is 2.80. The molecule has 4 bridgehead atoms. The Morgan fingerprint density at radius 1 is 0.594 bits per heavy atom. The lowest BCUT2D eigenvalue weighted by Crippen LogP contribution is -2.39. The van der Waals surface area contributed by atoms with Crippen LogP contribution in [0.2, 0.25) is 0 Å². The van der Waals surface area contributed by atoms with E-state index < -0.39 is 0 Å². The molecule has 2 aliphatic heterocycles. The zero-order valence-electron chi connectivity index (χ0n) is 18.5. The molecule has 0 radical (unpaired) electrons. The molecule has 6 aliphatic carbocycles. The Morgan fingerprint density at radius 3 is 1.53 bits per heavy atom. The van der Waals surface area contributed by atoms with Crippen LogP contribution in [0.4, 0.5) is 0 Å². The second-order valence-electron chi connectivity index (χ2n) is 11.8. The van der Waals surface area contributed by atoms with Crippen LogP contribution in [0, 0.1) is 23.7 Å². The second kappa shape index (κ2) is 7.27. The molecule has 6 fully saturated rings. The van der Waals surface area contributed by atoms with Gasteiger partial charge >= 0.3 is 0 Å². The van der Waals surface area contributed by atoms with Crippen molar-refractivity contribution in [3.63, 3.8) is 0 Å². The maximum Gasteiger partial charge on any atom is 0.115 e. The number of thiol groups is 2. The van der Waals surface area contributed by atoms with Gasteiger partial charge in [-0.05, 0) is 75.0 Å². The number of ether oxygens (including phenoxy) is 4. The Kier molecular flexibility index (Phi) is 4.60. The minimum Gasteiger partial charge on any atom is -0.370 e. The molecule has 174 valence electrons. The van der Waals surface area contributed by atoms with Crippen molar-refractivity contribution in [2.75, 3.05) is 13.2 Å². The van der Waals surface area contributed by atoms with E-state index in [4.69, 9.17) is 44.2 Å². The molecule has 0 amide bonds. The summed E-state index contributed by atoms with van der Waals surface area (Å²) in [7, 11) is 0. The van der Waals surface area contributed by atoms with E-state index in [-0.39, 0.29) is 24.4 Å². The van der Waals surface area contributed by atoms with Gasteiger partial charge in [-0.25, -0.2) is 0 Å². The minimum absolute atomic E-state index is 0.0375. The van der Waals surface area contributed by atoms with Crippen LogP contribution in [0.25, 0.3) is 0 Å².